The van der Waals surface area contributed by atoms with Crippen LogP contribution in [0.4, 0.5) is 4.79 Å². The first-order chi connectivity index (χ1) is 14.5. The van der Waals surface area contributed by atoms with Crippen molar-refractivity contribution in [1.82, 2.24) is 4.90 Å². The summed E-state index contributed by atoms with van der Waals surface area (Å²) in [6.45, 7) is 0.354. The summed E-state index contributed by atoms with van der Waals surface area (Å²) < 4.78 is 10.5. The number of likely N-dealkylation sites (tertiary alicyclic amines) is 1. The van der Waals surface area contributed by atoms with Gasteiger partial charge in [0.1, 0.15) is 6.61 Å². The van der Waals surface area contributed by atoms with Gasteiger partial charge in [0.05, 0.1) is 13.5 Å². The summed E-state index contributed by atoms with van der Waals surface area (Å²) in [5, 5.41) is 9.32. The first-order valence-electron chi connectivity index (χ1n) is 9.91. The van der Waals surface area contributed by atoms with Gasteiger partial charge >= 0.3 is 18.0 Å². The number of carbonyl (C=O) groups excluding carboxylic acids is 2. The summed E-state index contributed by atoms with van der Waals surface area (Å²) >= 11 is 0. The van der Waals surface area contributed by atoms with Crippen molar-refractivity contribution in [2.45, 2.75) is 30.7 Å². The van der Waals surface area contributed by atoms with Crippen LogP contribution in [-0.2, 0) is 19.1 Å². The normalized spacial score (nSPS) is 19.8. The summed E-state index contributed by atoms with van der Waals surface area (Å²) in [7, 11) is 1.19. The quantitative estimate of drug-likeness (QED) is 0.761. The third-order valence-electron chi connectivity index (χ3n) is 6.05. The van der Waals surface area contributed by atoms with E-state index in [-0.39, 0.29) is 25.5 Å². The standard InChI is InChI=1S/C23H23NO6/c1-29-21(27)23(13-20(25)26)11-6-12-24(23)22(28)30-14-19-17-9-4-2-7-15(17)16-8-3-5-10-18(16)19/h2-5,7-10,19H,6,11-14H2,1H3,(H,25,26)/t23-/m0/s1. The minimum atomic E-state index is -1.52. The number of rotatable bonds is 5. The predicted molar refractivity (Wildman–Crippen MR) is 108 cm³/mol. The van der Waals surface area contributed by atoms with Crippen LogP contribution in [0.5, 0.6) is 0 Å². The number of nitrogens with zero attached hydrogens (tertiary/aromatic N) is 1. The highest BCUT2D eigenvalue weighted by molar-refractivity contribution is 5.90. The number of aliphatic carboxylic acids is 1. The van der Waals surface area contributed by atoms with Gasteiger partial charge in [-0.2, -0.15) is 0 Å². The van der Waals surface area contributed by atoms with Crippen molar-refractivity contribution in [2.75, 3.05) is 20.3 Å². The predicted octanol–water partition coefficient (Wildman–Crippen LogP) is 3.42. The summed E-state index contributed by atoms with van der Waals surface area (Å²) in [5.74, 6) is -2.01. The molecule has 1 atom stereocenters. The number of ether oxygens (including phenoxy) is 2. The zero-order valence-corrected chi connectivity index (χ0v) is 16.7. The third-order valence-corrected chi connectivity index (χ3v) is 6.05. The van der Waals surface area contributed by atoms with Crippen LogP contribution in [0.2, 0.25) is 0 Å². The lowest BCUT2D eigenvalue weighted by Gasteiger charge is -2.34. The van der Waals surface area contributed by atoms with Gasteiger partial charge < -0.3 is 14.6 Å². The molecule has 0 aromatic heterocycles. The van der Waals surface area contributed by atoms with E-state index >= 15 is 0 Å². The van der Waals surface area contributed by atoms with Crippen molar-refractivity contribution >= 4 is 18.0 Å². The third kappa shape index (κ3) is 3.20. The van der Waals surface area contributed by atoms with E-state index in [1.807, 2.05) is 48.5 Å². The van der Waals surface area contributed by atoms with Crippen LogP contribution in [0, 0.1) is 0 Å². The van der Waals surface area contributed by atoms with Gasteiger partial charge in [-0.25, -0.2) is 9.59 Å². The molecule has 0 radical (unpaired) electrons. The molecule has 30 heavy (non-hydrogen) atoms. The number of fused-ring (bicyclic) bond motifs is 3. The Morgan fingerprint density at radius 3 is 2.23 bits per heavy atom. The Morgan fingerprint density at radius 1 is 1.07 bits per heavy atom. The van der Waals surface area contributed by atoms with Crippen molar-refractivity contribution in [2.24, 2.45) is 0 Å². The van der Waals surface area contributed by atoms with Gasteiger partial charge in [-0.15, -0.1) is 0 Å². The number of carbonyl (C=O) groups is 3. The molecule has 1 amide bonds. The van der Waals surface area contributed by atoms with E-state index in [9.17, 15) is 19.5 Å². The van der Waals surface area contributed by atoms with Gasteiger partial charge in [0.2, 0.25) is 0 Å². The van der Waals surface area contributed by atoms with Crippen molar-refractivity contribution in [3.63, 3.8) is 0 Å². The molecular formula is C23H23NO6. The zero-order valence-electron chi connectivity index (χ0n) is 16.7. The maximum absolute atomic E-state index is 12.9. The number of hydrogen-bond acceptors (Lipinski definition) is 5. The van der Waals surface area contributed by atoms with Gasteiger partial charge in [-0.05, 0) is 35.1 Å². The molecule has 1 N–H and O–H groups in total. The molecule has 2 aliphatic rings. The Labute approximate surface area is 174 Å². The minimum Gasteiger partial charge on any atom is -0.481 e. The van der Waals surface area contributed by atoms with Gasteiger partial charge in [-0.3, -0.25) is 9.69 Å². The number of methoxy groups -OCH3 is 1. The van der Waals surface area contributed by atoms with Crippen molar-refractivity contribution in [3.8, 4) is 11.1 Å². The average Bonchev–Trinajstić information content (AvgIpc) is 3.31. The van der Waals surface area contributed by atoms with Crippen LogP contribution in [0.1, 0.15) is 36.3 Å². The highest BCUT2D eigenvalue weighted by Gasteiger charge is 2.53. The minimum absolute atomic E-state index is 0.105. The summed E-state index contributed by atoms with van der Waals surface area (Å²) in [6.07, 6.45) is -0.465. The highest BCUT2D eigenvalue weighted by atomic mass is 16.6. The van der Waals surface area contributed by atoms with E-state index in [0.29, 0.717) is 6.42 Å². The van der Waals surface area contributed by atoms with Crippen LogP contribution in [0.15, 0.2) is 48.5 Å². The largest absolute Gasteiger partial charge is 0.481 e. The second-order valence-electron chi connectivity index (χ2n) is 7.65. The van der Waals surface area contributed by atoms with Gasteiger partial charge in [0.15, 0.2) is 5.54 Å². The molecule has 0 unspecified atom stereocenters. The number of amides is 1. The first kappa shape index (κ1) is 19.9. The zero-order chi connectivity index (χ0) is 21.3. The fourth-order valence-electron chi connectivity index (χ4n) is 4.72. The van der Waals surface area contributed by atoms with Gasteiger partial charge in [0, 0.05) is 12.5 Å². The lowest BCUT2D eigenvalue weighted by molar-refractivity contribution is -0.158. The number of benzene rings is 2. The van der Waals surface area contributed by atoms with Crippen molar-refractivity contribution in [3.05, 3.63) is 59.7 Å². The molecule has 1 aliphatic carbocycles. The molecule has 7 heteroatoms. The average molecular weight is 409 g/mol. The summed E-state index contributed by atoms with van der Waals surface area (Å²) in [5.41, 5.74) is 2.87. The van der Waals surface area contributed by atoms with E-state index in [1.54, 1.807) is 0 Å². The lowest BCUT2D eigenvalue weighted by atomic mass is 9.92. The molecule has 1 fully saturated rings. The van der Waals surface area contributed by atoms with Crippen LogP contribution in [-0.4, -0.2) is 53.8 Å². The molecule has 2 aromatic carbocycles. The van der Waals surface area contributed by atoms with E-state index in [4.69, 9.17) is 9.47 Å². The maximum Gasteiger partial charge on any atom is 0.410 e. The number of hydrogen-bond donors (Lipinski definition) is 1. The highest BCUT2D eigenvalue weighted by Crippen LogP contribution is 2.44. The Kier molecular flexibility index (Phi) is 5.20. The van der Waals surface area contributed by atoms with Gasteiger partial charge in [-0.1, -0.05) is 48.5 Å². The van der Waals surface area contributed by atoms with Crippen LogP contribution < -0.4 is 0 Å². The fourth-order valence-corrected chi connectivity index (χ4v) is 4.72. The molecule has 1 heterocycles. The molecule has 1 saturated heterocycles. The monoisotopic (exact) mass is 409 g/mol. The van der Waals surface area contributed by atoms with Gasteiger partial charge in [0.25, 0.3) is 0 Å². The molecule has 0 saturated carbocycles. The lowest BCUT2D eigenvalue weighted by Crippen LogP contribution is -2.55. The summed E-state index contributed by atoms with van der Waals surface area (Å²) in [4.78, 5) is 38.0. The topological polar surface area (TPSA) is 93.1 Å². The fraction of sp³-hybridized carbons (Fsp3) is 0.348. The number of esters is 1. The molecule has 0 spiro atoms. The Bertz CT molecular complexity index is 957. The van der Waals surface area contributed by atoms with Crippen molar-refractivity contribution in [1.29, 1.82) is 0 Å². The smallest absolute Gasteiger partial charge is 0.410 e. The second kappa shape index (κ2) is 7.82. The SMILES string of the molecule is COC(=O)[C@@]1(CC(=O)O)CCCN1C(=O)OCC1c2ccccc2-c2ccccc21. The van der Waals surface area contributed by atoms with E-state index in [2.05, 4.69) is 0 Å². The van der Waals surface area contributed by atoms with Crippen molar-refractivity contribution < 1.29 is 29.0 Å². The summed E-state index contributed by atoms with van der Waals surface area (Å²) in [6, 6.07) is 16.0. The van der Waals surface area contributed by atoms with Crippen LogP contribution in [0.3, 0.4) is 0 Å². The maximum atomic E-state index is 12.9. The second-order valence-corrected chi connectivity index (χ2v) is 7.65. The number of carboxylic acids is 1. The van der Waals surface area contributed by atoms with E-state index < -0.39 is 30.0 Å². The van der Waals surface area contributed by atoms with E-state index in [1.165, 1.54) is 12.0 Å². The number of carboxylic acid groups (broad SMARTS) is 1. The van der Waals surface area contributed by atoms with E-state index in [0.717, 1.165) is 22.3 Å². The molecule has 2 aromatic rings. The molecule has 7 nitrogen and oxygen atoms in total. The Morgan fingerprint density at radius 2 is 1.67 bits per heavy atom. The molecular weight excluding hydrogens is 386 g/mol. The van der Waals surface area contributed by atoms with Crippen LogP contribution >= 0.6 is 0 Å². The van der Waals surface area contributed by atoms with Crippen LogP contribution in [0.25, 0.3) is 11.1 Å². The Balaban J connectivity index is 1.56. The molecule has 1 aliphatic heterocycles. The Hall–Kier alpha value is -3.35. The molecule has 4 rings (SSSR count). The molecule has 0 bridgehead atoms. The molecule has 156 valence electrons. The first-order valence-corrected chi connectivity index (χ1v) is 9.91.